The van der Waals surface area contributed by atoms with Crippen molar-refractivity contribution in [3.05, 3.63) is 42.1 Å². The van der Waals surface area contributed by atoms with Gasteiger partial charge < -0.3 is 5.73 Å². The highest BCUT2D eigenvalue weighted by atomic mass is 32.2. The number of anilines is 1. The molecule has 0 aliphatic rings. The number of nitrogens with one attached hydrogen (secondary N) is 1. The van der Waals surface area contributed by atoms with Crippen molar-refractivity contribution in [1.29, 1.82) is 0 Å². The van der Waals surface area contributed by atoms with Gasteiger partial charge in [-0.05, 0) is 17.7 Å². The fraction of sp³-hybridized carbons (Fsp3) is 0.0833. The molecule has 0 spiro atoms. The maximum absolute atomic E-state index is 5.49. The van der Waals surface area contributed by atoms with Crippen molar-refractivity contribution in [2.24, 2.45) is 0 Å². The topological polar surface area (TPSA) is 80.5 Å². The van der Waals surface area contributed by atoms with Crippen LogP contribution < -0.4 is 5.73 Å². The highest BCUT2D eigenvalue weighted by Gasteiger charge is 2.05. The number of rotatable bonds is 3. The lowest BCUT2D eigenvalue weighted by atomic mass is 10.1. The number of H-pyrrole nitrogens is 1. The van der Waals surface area contributed by atoms with E-state index < -0.39 is 0 Å². The SMILES string of the molecule is Nc1nc(SCc2ccnc3ccccc23)n[nH]1. The molecule has 1 aromatic carbocycles. The van der Waals surface area contributed by atoms with E-state index in [1.807, 2.05) is 30.5 Å². The summed E-state index contributed by atoms with van der Waals surface area (Å²) < 4.78 is 0. The van der Waals surface area contributed by atoms with Gasteiger partial charge >= 0.3 is 0 Å². The van der Waals surface area contributed by atoms with Gasteiger partial charge in [0.25, 0.3) is 0 Å². The minimum atomic E-state index is 0.345. The van der Waals surface area contributed by atoms with Gasteiger partial charge in [0.2, 0.25) is 11.1 Å². The molecule has 0 saturated heterocycles. The Balaban J connectivity index is 1.86. The molecule has 0 aliphatic heterocycles. The first-order chi connectivity index (χ1) is 8.83. The van der Waals surface area contributed by atoms with Crippen molar-refractivity contribution < 1.29 is 0 Å². The molecule has 3 rings (SSSR count). The number of para-hydroxylation sites is 1. The van der Waals surface area contributed by atoms with Gasteiger partial charge in [-0.2, -0.15) is 4.98 Å². The number of aromatic nitrogens is 4. The molecular formula is C12H11N5S. The zero-order valence-corrected chi connectivity index (χ0v) is 10.3. The van der Waals surface area contributed by atoms with Crippen molar-refractivity contribution in [2.45, 2.75) is 10.9 Å². The number of benzene rings is 1. The summed E-state index contributed by atoms with van der Waals surface area (Å²) in [7, 11) is 0. The third kappa shape index (κ3) is 2.14. The summed E-state index contributed by atoms with van der Waals surface area (Å²) in [6.07, 6.45) is 1.82. The van der Waals surface area contributed by atoms with Crippen molar-refractivity contribution in [3.63, 3.8) is 0 Å². The van der Waals surface area contributed by atoms with Crippen molar-refractivity contribution in [1.82, 2.24) is 20.2 Å². The minimum Gasteiger partial charge on any atom is -0.368 e. The fourth-order valence-electron chi connectivity index (χ4n) is 1.75. The molecule has 3 N–H and O–H groups in total. The first-order valence-corrected chi connectivity index (χ1v) is 6.45. The lowest BCUT2D eigenvalue weighted by molar-refractivity contribution is 0.973. The molecule has 0 bridgehead atoms. The Morgan fingerprint density at radius 2 is 2.11 bits per heavy atom. The number of fused-ring (bicyclic) bond motifs is 1. The van der Waals surface area contributed by atoms with Crippen LogP contribution in [0.5, 0.6) is 0 Å². The van der Waals surface area contributed by atoms with E-state index in [4.69, 9.17) is 5.73 Å². The van der Waals surface area contributed by atoms with E-state index in [2.05, 4.69) is 26.2 Å². The summed E-state index contributed by atoms with van der Waals surface area (Å²) >= 11 is 1.55. The second kappa shape index (κ2) is 4.66. The Bertz CT molecular complexity index is 674. The van der Waals surface area contributed by atoms with E-state index in [1.54, 1.807) is 11.8 Å². The van der Waals surface area contributed by atoms with E-state index in [9.17, 15) is 0 Å². The Labute approximate surface area is 108 Å². The fourth-order valence-corrected chi connectivity index (χ4v) is 2.56. The molecule has 0 aliphatic carbocycles. The van der Waals surface area contributed by atoms with Gasteiger partial charge in [0.05, 0.1) is 5.52 Å². The monoisotopic (exact) mass is 257 g/mol. The molecule has 5 nitrogen and oxygen atoms in total. The molecule has 3 aromatic rings. The van der Waals surface area contributed by atoms with Crippen LogP contribution in [0.3, 0.4) is 0 Å². The number of hydrogen-bond acceptors (Lipinski definition) is 5. The maximum atomic E-state index is 5.49. The molecule has 0 atom stereocenters. The Hall–Kier alpha value is -2.08. The molecule has 90 valence electrons. The molecule has 0 saturated carbocycles. The lowest BCUT2D eigenvalue weighted by Gasteiger charge is -2.03. The van der Waals surface area contributed by atoms with Gasteiger partial charge in [-0.1, -0.05) is 30.0 Å². The number of nitrogen functional groups attached to an aromatic ring is 1. The van der Waals surface area contributed by atoms with Crippen molar-refractivity contribution in [3.8, 4) is 0 Å². The van der Waals surface area contributed by atoms with Gasteiger partial charge in [0.15, 0.2) is 0 Å². The minimum absolute atomic E-state index is 0.345. The van der Waals surface area contributed by atoms with Crippen LogP contribution in [0.25, 0.3) is 10.9 Å². The number of nitrogens with zero attached hydrogens (tertiary/aromatic N) is 3. The van der Waals surface area contributed by atoms with Gasteiger partial charge in [0, 0.05) is 17.3 Å². The lowest BCUT2D eigenvalue weighted by Crippen LogP contribution is -1.87. The van der Waals surface area contributed by atoms with Crippen LogP contribution in [0.1, 0.15) is 5.56 Å². The average Bonchev–Trinajstić information content (AvgIpc) is 2.82. The third-order valence-electron chi connectivity index (χ3n) is 2.58. The standard InChI is InChI=1S/C12H11N5S/c13-11-15-12(17-16-11)18-7-8-5-6-14-10-4-2-1-3-9(8)10/h1-6H,7H2,(H3,13,15,16,17). The van der Waals surface area contributed by atoms with Gasteiger partial charge in [-0.25, -0.2) is 5.10 Å². The summed E-state index contributed by atoms with van der Waals surface area (Å²) in [5.41, 5.74) is 7.71. The molecule has 2 aromatic heterocycles. The second-order valence-corrected chi connectivity index (χ2v) is 4.72. The molecule has 0 amide bonds. The van der Waals surface area contributed by atoms with Gasteiger partial charge in [-0.3, -0.25) is 4.98 Å². The molecule has 0 unspecified atom stereocenters. The third-order valence-corrected chi connectivity index (χ3v) is 3.47. The first-order valence-electron chi connectivity index (χ1n) is 5.46. The number of pyridine rings is 1. The average molecular weight is 257 g/mol. The van der Waals surface area contributed by atoms with E-state index in [-0.39, 0.29) is 0 Å². The zero-order valence-electron chi connectivity index (χ0n) is 9.50. The predicted molar refractivity (Wildman–Crippen MR) is 72.1 cm³/mol. The number of thioether (sulfide) groups is 1. The van der Waals surface area contributed by atoms with Crippen molar-refractivity contribution in [2.75, 3.05) is 5.73 Å². The van der Waals surface area contributed by atoms with E-state index >= 15 is 0 Å². The van der Waals surface area contributed by atoms with E-state index in [0.717, 1.165) is 16.7 Å². The zero-order chi connectivity index (χ0) is 12.4. The number of hydrogen-bond donors (Lipinski definition) is 2. The van der Waals surface area contributed by atoms with Crippen LogP contribution in [-0.4, -0.2) is 20.2 Å². The van der Waals surface area contributed by atoms with Crippen molar-refractivity contribution >= 4 is 28.6 Å². The quantitative estimate of drug-likeness (QED) is 0.703. The largest absolute Gasteiger partial charge is 0.368 e. The van der Waals surface area contributed by atoms with E-state index in [1.165, 1.54) is 5.56 Å². The van der Waals surface area contributed by atoms with Crippen LogP contribution in [0.4, 0.5) is 5.95 Å². The van der Waals surface area contributed by atoms with Crippen LogP contribution in [-0.2, 0) is 5.75 Å². The van der Waals surface area contributed by atoms with Crippen LogP contribution in [0.2, 0.25) is 0 Å². The Morgan fingerprint density at radius 3 is 2.94 bits per heavy atom. The highest BCUT2D eigenvalue weighted by molar-refractivity contribution is 7.98. The molecule has 6 heteroatoms. The number of nitrogens with two attached hydrogens (primary N) is 1. The normalized spacial score (nSPS) is 10.9. The molecule has 2 heterocycles. The maximum Gasteiger partial charge on any atom is 0.216 e. The van der Waals surface area contributed by atoms with Crippen LogP contribution >= 0.6 is 11.8 Å². The highest BCUT2D eigenvalue weighted by Crippen LogP contribution is 2.24. The first kappa shape index (κ1) is 11.0. The molecule has 0 fully saturated rings. The summed E-state index contributed by atoms with van der Waals surface area (Å²) in [5.74, 6) is 1.14. The summed E-state index contributed by atoms with van der Waals surface area (Å²) in [4.78, 5) is 8.40. The Kier molecular flexibility index (Phi) is 2.85. The molecule has 18 heavy (non-hydrogen) atoms. The molecule has 0 radical (unpaired) electrons. The van der Waals surface area contributed by atoms with E-state index in [0.29, 0.717) is 11.1 Å². The Morgan fingerprint density at radius 1 is 1.22 bits per heavy atom. The van der Waals surface area contributed by atoms with Crippen LogP contribution in [0, 0.1) is 0 Å². The number of aromatic amines is 1. The summed E-state index contributed by atoms with van der Waals surface area (Å²) in [5, 5.41) is 8.45. The summed E-state index contributed by atoms with van der Waals surface area (Å²) in [6.45, 7) is 0. The molecular weight excluding hydrogens is 246 g/mol. The second-order valence-electron chi connectivity index (χ2n) is 3.78. The van der Waals surface area contributed by atoms with Gasteiger partial charge in [-0.15, -0.1) is 5.10 Å². The predicted octanol–water partition coefficient (Wildman–Crippen LogP) is 2.23. The smallest absolute Gasteiger partial charge is 0.216 e. The van der Waals surface area contributed by atoms with Gasteiger partial charge in [0.1, 0.15) is 0 Å². The summed E-state index contributed by atoms with van der Waals surface area (Å²) in [6, 6.07) is 10.1. The van der Waals surface area contributed by atoms with Crippen LogP contribution in [0.15, 0.2) is 41.7 Å².